The van der Waals surface area contributed by atoms with Gasteiger partial charge in [-0.1, -0.05) is 23.5 Å². The minimum atomic E-state index is -0.178. The summed E-state index contributed by atoms with van der Waals surface area (Å²) in [5.41, 5.74) is 3.22. The molecule has 4 rings (SSSR count). The summed E-state index contributed by atoms with van der Waals surface area (Å²) in [6.07, 6.45) is 3.71. The van der Waals surface area contributed by atoms with Crippen molar-refractivity contribution >= 4 is 33.1 Å². The van der Waals surface area contributed by atoms with Gasteiger partial charge in [-0.05, 0) is 42.8 Å². The Morgan fingerprint density at radius 1 is 1.19 bits per heavy atom. The van der Waals surface area contributed by atoms with Gasteiger partial charge in [0, 0.05) is 37.2 Å². The molecule has 6 nitrogen and oxygen atoms in total. The molecule has 0 saturated carbocycles. The van der Waals surface area contributed by atoms with Crippen LogP contribution in [0.3, 0.4) is 0 Å². The molecule has 0 atom stereocenters. The van der Waals surface area contributed by atoms with Gasteiger partial charge >= 0.3 is 4.87 Å². The molecule has 0 fully saturated rings. The minimum absolute atomic E-state index is 0.0165. The van der Waals surface area contributed by atoms with Crippen LogP contribution in [0.5, 0.6) is 0 Å². The first-order valence-corrected chi connectivity index (χ1v) is 9.30. The molecular weight excluding hydrogens is 360 g/mol. The molecule has 4 aromatic rings. The standard InChI is InChI=1S/C20H18N4O2S/c1-13-21-9-10-24(13)12-14-3-5-15(6-4-14)19(25)22-16-7-8-17-18(11-16)27-20(26)23(17)2/h3-11H,12H2,1-2H3,(H,22,25). The zero-order valence-electron chi connectivity index (χ0n) is 15.0. The predicted molar refractivity (Wildman–Crippen MR) is 108 cm³/mol. The number of amides is 1. The number of imidazole rings is 1. The maximum atomic E-state index is 12.5. The van der Waals surface area contributed by atoms with Crippen LogP contribution in [0.25, 0.3) is 10.2 Å². The van der Waals surface area contributed by atoms with E-state index in [1.165, 1.54) is 11.3 Å². The van der Waals surface area contributed by atoms with Crippen molar-refractivity contribution in [2.75, 3.05) is 5.32 Å². The smallest absolute Gasteiger partial charge is 0.307 e. The molecule has 0 aliphatic rings. The molecule has 0 aliphatic carbocycles. The maximum Gasteiger partial charge on any atom is 0.307 e. The van der Waals surface area contributed by atoms with E-state index in [9.17, 15) is 9.59 Å². The highest BCUT2D eigenvalue weighted by atomic mass is 32.1. The van der Waals surface area contributed by atoms with Crippen LogP contribution in [0, 0.1) is 6.92 Å². The number of nitrogens with one attached hydrogen (secondary N) is 1. The van der Waals surface area contributed by atoms with E-state index in [-0.39, 0.29) is 10.8 Å². The molecule has 2 aromatic carbocycles. The Morgan fingerprint density at radius 3 is 2.67 bits per heavy atom. The van der Waals surface area contributed by atoms with Crippen molar-refractivity contribution in [2.45, 2.75) is 13.5 Å². The fourth-order valence-corrected chi connectivity index (χ4v) is 3.86. The third kappa shape index (κ3) is 3.41. The van der Waals surface area contributed by atoms with Crippen molar-refractivity contribution in [3.8, 4) is 0 Å². The Balaban J connectivity index is 1.49. The summed E-state index contributed by atoms with van der Waals surface area (Å²) >= 11 is 1.17. The quantitative estimate of drug-likeness (QED) is 0.592. The molecule has 0 bridgehead atoms. The lowest BCUT2D eigenvalue weighted by Crippen LogP contribution is -2.12. The van der Waals surface area contributed by atoms with Gasteiger partial charge < -0.3 is 14.5 Å². The number of carbonyl (C=O) groups is 1. The van der Waals surface area contributed by atoms with E-state index in [1.54, 1.807) is 17.8 Å². The number of carbonyl (C=O) groups excluding carboxylic acids is 1. The molecule has 2 aromatic heterocycles. The molecule has 0 saturated heterocycles. The molecule has 7 heteroatoms. The molecule has 0 aliphatic heterocycles. The van der Waals surface area contributed by atoms with E-state index in [0.29, 0.717) is 11.3 Å². The van der Waals surface area contributed by atoms with Crippen LogP contribution in [0.1, 0.15) is 21.7 Å². The van der Waals surface area contributed by atoms with E-state index in [0.717, 1.165) is 28.1 Å². The normalized spacial score (nSPS) is 11.0. The number of anilines is 1. The number of thiazole rings is 1. The molecule has 0 unspecified atom stereocenters. The number of aryl methyl sites for hydroxylation is 2. The number of aromatic nitrogens is 3. The predicted octanol–water partition coefficient (Wildman–Crippen LogP) is 3.41. The summed E-state index contributed by atoms with van der Waals surface area (Å²) in [5, 5.41) is 2.89. The van der Waals surface area contributed by atoms with Gasteiger partial charge in [0.2, 0.25) is 0 Å². The second-order valence-corrected chi connectivity index (χ2v) is 7.36. The third-order valence-electron chi connectivity index (χ3n) is 4.54. The summed E-state index contributed by atoms with van der Waals surface area (Å²) < 4.78 is 4.51. The van der Waals surface area contributed by atoms with Crippen molar-refractivity contribution in [2.24, 2.45) is 7.05 Å². The van der Waals surface area contributed by atoms with E-state index in [4.69, 9.17) is 0 Å². The van der Waals surface area contributed by atoms with Crippen molar-refractivity contribution in [1.29, 1.82) is 0 Å². The molecule has 1 N–H and O–H groups in total. The fourth-order valence-electron chi connectivity index (χ4n) is 2.94. The van der Waals surface area contributed by atoms with Crippen molar-refractivity contribution in [1.82, 2.24) is 14.1 Å². The number of hydrogen-bond donors (Lipinski definition) is 1. The summed E-state index contributed by atoms with van der Waals surface area (Å²) in [4.78, 5) is 28.5. The van der Waals surface area contributed by atoms with Crippen molar-refractivity contribution in [3.63, 3.8) is 0 Å². The van der Waals surface area contributed by atoms with E-state index in [1.807, 2.05) is 55.6 Å². The lowest BCUT2D eigenvalue weighted by Gasteiger charge is -2.08. The molecule has 0 spiro atoms. The highest BCUT2D eigenvalue weighted by molar-refractivity contribution is 7.16. The third-order valence-corrected chi connectivity index (χ3v) is 5.54. The van der Waals surface area contributed by atoms with Crippen LogP contribution in [-0.4, -0.2) is 20.0 Å². The number of nitrogens with zero attached hydrogens (tertiary/aromatic N) is 3. The molecule has 27 heavy (non-hydrogen) atoms. The summed E-state index contributed by atoms with van der Waals surface area (Å²) in [7, 11) is 1.74. The minimum Gasteiger partial charge on any atom is -0.331 e. The first-order valence-electron chi connectivity index (χ1n) is 8.49. The number of hydrogen-bond acceptors (Lipinski definition) is 4. The first-order chi connectivity index (χ1) is 13.0. The van der Waals surface area contributed by atoms with E-state index >= 15 is 0 Å². The summed E-state index contributed by atoms with van der Waals surface area (Å²) in [6, 6.07) is 13.0. The van der Waals surface area contributed by atoms with Crippen LogP contribution in [0.4, 0.5) is 5.69 Å². The SMILES string of the molecule is Cc1nccn1Cc1ccc(C(=O)Nc2ccc3c(c2)sc(=O)n3C)cc1. The molecular formula is C20H18N4O2S. The lowest BCUT2D eigenvalue weighted by molar-refractivity contribution is 0.102. The van der Waals surface area contributed by atoms with Crippen LogP contribution in [0.15, 0.2) is 59.7 Å². The van der Waals surface area contributed by atoms with Gasteiger partial charge in [-0.15, -0.1) is 0 Å². The fraction of sp³-hybridized carbons (Fsp3) is 0.150. The Hall–Kier alpha value is -3.19. The second kappa shape index (κ2) is 6.85. The van der Waals surface area contributed by atoms with Gasteiger partial charge in [0.25, 0.3) is 5.91 Å². The highest BCUT2D eigenvalue weighted by Crippen LogP contribution is 2.21. The van der Waals surface area contributed by atoms with Crippen LogP contribution in [-0.2, 0) is 13.6 Å². The zero-order chi connectivity index (χ0) is 19.0. The van der Waals surface area contributed by atoms with Crippen LogP contribution >= 0.6 is 11.3 Å². The monoisotopic (exact) mass is 378 g/mol. The van der Waals surface area contributed by atoms with Crippen LogP contribution in [0.2, 0.25) is 0 Å². The Labute approximate surface area is 159 Å². The Kier molecular flexibility index (Phi) is 4.37. The molecule has 2 heterocycles. The first kappa shape index (κ1) is 17.2. The molecule has 0 radical (unpaired) electrons. The maximum absolute atomic E-state index is 12.5. The topological polar surface area (TPSA) is 68.9 Å². The average Bonchev–Trinajstić information content (AvgIpc) is 3.18. The molecule has 136 valence electrons. The van der Waals surface area contributed by atoms with Gasteiger partial charge in [0.05, 0.1) is 10.2 Å². The van der Waals surface area contributed by atoms with Gasteiger partial charge in [-0.25, -0.2) is 4.98 Å². The number of benzene rings is 2. The number of rotatable bonds is 4. The van der Waals surface area contributed by atoms with E-state index in [2.05, 4.69) is 14.9 Å². The lowest BCUT2D eigenvalue weighted by atomic mass is 10.1. The Morgan fingerprint density at radius 2 is 1.96 bits per heavy atom. The van der Waals surface area contributed by atoms with Gasteiger partial charge in [-0.3, -0.25) is 9.59 Å². The highest BCUT2D eigenvalue weighted by Gasteiger charge is 2.09. The summed E-state index contributed by atoms with van der Waals surface area (Å²) in [5.74, 6) is 0.776. The van der Waals surface area contributed by atoms with Gasteiger partial charge in [0.1, 0.15) is 5.82 Å². The van der Waals surface area contributed by atoms with Crippen molar-refractivity contribution < 1.29 is 4.79 Å². The average molecular weight is 378 g/mol. The van der Waals surface area contributed by atoms with Crippen molar-refractivity contribution in [3.05, 3.63) is 81.5 Å². The summed E-state index contributed by atoms with van der Waals surface area (Å²) in [6.45, 7) is 2.68. The Bertz CT molecular complexity index is 1180. The van der Waals surface area contributed by atoms with Gasteiger partial charge in [-0.2, -0.15) is 0 Å². The van der Waals surface area contributed by atoms with E-state index < -0.39 is 0 Å². The number of fused-ring (bicyclic) bond motifs is 1. The van der Waals surface area contributed by atoms with Gasteiger partial charge in [0.15, 0.2) is 0 Å². The zero-order valence-corrected chi connectivity index (χ0v) is 15.8. The molecule has 1 amide bonds. The van der Waals surface area contributed by atoms with Crippen LogP contribution < -0.4 is 10.2 Å². The largest absolute Gasteiger partial charge is 0.331 e. The second-order valence-electron chi connectivity index (χ2n) is 6.36.